The molecule has 2 amide bonds. The maximum atomic E-state index is 13.4. The van der Waals surface area contributed by atoms with Gasteiger partial charge < -0.3 is 10.1 Å². The number of carbonyl (C=O) groups is 1. The monoisotopic (exact) mass is 406 g/mol. The molecule has 0 atom stereocenters. The summed E-state index contributed by atoms with van der Waals surface area (Å²) in [5.41, 5.74) is 4.27. The van der Waals surface area contributed by atoms with E-state index in [0.717, 1.165) is 10.6 Å². The van der Waals surface area contributed by atoms with Gasteiger partial charge >= 0.3 is 6.03 Å². The molecular weight excluding hydrogens is 387 g/mol. The summed E-state index contributed by atoms with van der Waals surface area (Å²) >= 11 is 5.62. The van der Waals surface area contributed by atoms with Crippen LogP contribution < -0.4 is 27.4 Å². The number of carbonyl (C=O) groups excluding carboxylic acids is 1. The summed E-state index contributed by atoms with van der Waals surface area (Å²) in [6.45, 7) is 1.83. The summed E-state index contributed by atoms with van der Waals surface area (Å²) in [6.07, 6.45) is 2.79. The van der Waals surface area contributed by atoms with Crippen LogP contribution in [0.15, 0.2) is 48.7 Å². The Hall–Kier alpha value is -3.14. The highest BCUT2D eigenvalue weighted by Gasteiger charge is 2.16. The summed E-state index contributed by atoms with van der Waals surface area (Å²) in [4.78, 5) is 11.7. The minimum Gasteiger partial charge on any atom is -0.473 e. The van der Waals surface area contributed by atoms with Gasteiger partial charge in [0.05, 0.1) is 10.7 Å². The van der Waals surface area contributed by atoms with Crippen molar-refractivity contribution in [3.63, 3.8) is 0 Å². The number of hydrazine groups is 2. The molecule has 0 radical (unpaired) electrons. The zero-order valence-electron chi connectivity index (χ0n) is 15.0. The highest BCUT2D eigenvalue weighted by Crippen LogP contribution is 2.23. The molecule has 0 aliphatic rings. The van der Waals surface area contributed by atoms with Crippen LogP contribution in [0.3, 0.4) is 0 Å². The van der Waals surface area contributed by atoms with Crippen LogP contribution in [0.4, 0.5) is 20.6 Å². The largest absolute Gasteiger partial charge is 0.473 e. The van der Waals surface area contributed by atoms with Crippen molar-refractivity contribution in [1.82, 2.24) is 5.43 Å². The van der Waals surface area contributed by atoms with E-state index in [1.54, 1.807) is 18.2 Å². The number of urea groups is 1. The molecule has 0 unspecified atom stereocenters. The topological polar surface area (TPSA) is 129 Å². The standard InChI is InChI=1S/C18H20ClFN6O2/c1-11-3-2-4-16(26(23)18(27)25-22)13(11)10-28-17(21)7-8-24-12-5-6-14(19)15(20)9-12/h2-9,21,24H,10,22-23H2,1H3,(H,25,27)/b8-7-,21-17?. The SMILES string of the molecule is Cc1cccc(N(N)C(=O)NN)c1COC(=N)/C=C\Nc1ccc(Cl)c(F)c1. The number of rotatable bonds is 6. The Bertz CT molecular complexity index is 906. The van der Waals surface area contributed by atoms with Crippen LogP contribution in [0.2, 0.25) is 5.02 Å². The van der Waals surface area contributed by atoms with Gasteiger partial charge in [-0.3, -0.25) is 10.8 Å². The first-order chi connectivity index (χ1) is 13.3. The molecular formula is C18H20ClFN6O2. The number of ether oxygens (including phenoxy) is 1. The fourth-order valence-corrected chi connectivity index (χ4v) is 2.39. The number of hydrogen-bond acceptors (Lipinski definition) is 6. The summed E-state index contributed by atoms with van der Waals surface area (Å²) < 4.78 is 18.8. The van der Waals surface area contributed by atoms with E-state index in [2.05, 4.69) is 5.32 Å². The lowest BCUT2D eigenvalue weighted by Gasteiger charge is -2.20. The first-order valence-electron chi connectivity index (χ1n) is 8.07. The minimum atomic E-state index is -0.693. The van der Waals surface area contributed by atoms with Gasteiger partial charge in [0.15, 0.2) is 0 Å². The van der Waals surface area contributed by atoms with Gasteiger partial charge in [0, 0.05) is 23.5 Å². The molecule has 28 heavy (non-hydrogen) atoms. The van der Waals surface area contributed by atoms with Crippen LogP contribution in [0.1, 0.15) is 11.1 Å². The number of nitrogens with one attached hydrogen (secondary N) is 3. The Balaban J connectivity index is 2.00. The van der Waals surface area contributed by atoms with Crippen LogP contribution in [0, 0.1) is 18.2 Å². The van der Waals surface area contributed by atoms with Crippen molar-refractivity contribution in [2.45, 2.75) is 13.5 Å². The molecule has 10 heteroatoms. The summed E-state index contributed by atoms with van der Waals surface area (Å²) in [7, 11) is 0. The van der Waals surface area contributed by atoms with Gasteiger partial charge in [-0.2, -0.15) is 0 Å². The van der Waals surface area contributed by atoms with E-state index in [0.29, 0.717) is 16.9 Å². The number of hydrogen-bond donors (Lipinski definition) is 5. The molecule has 0 fully saturated rings. The number of aryl methyl sites for hydroxylation is 1. The van der Waals surface area contributed by atoms with Gasteiger partial charge in [-0.1, -0.05) is 23.7 Å². The van der Waals surface area contributed by atoms with Crippen LogP contribution >= 0.6 is 11.6 Å². The average Bonchev–Trinajstić information content (AvgIpc) is 2.68. The third-order valence-electron chi connectivity index (χ3n) is 3.76. The lowest BCUT2D eigenvalue weighted by atomic mass is 10.1. The number of benzene rings is 2. The Morgan fingerprint density at radius 2 is 2.14 bits per heavy atom. The molecule has 0 heterocycles. The zero-order chi connectivity index (χ0) is 20.7. The lowest BCUT2D eigenvalue weighted by Crippen LogP contribution is -2.48. The maximum Gasteiger partial charge on any atom is 0.350 e. The highest BCUT2D eigenvalue weighted by molar-refractivity contribution is 6.30. The van der Waals surface area contributed by atoms with Crippen molar-refractivity contribution in [3.8, 4) is 0 Å². The fourth-order valence-electron chi connectivity index (χ4n) is 2.28. The molecule has 2 rings (SSSR count). The smallest absolute Gasteiger partial charge is 0.350 e. The van der Waals surface area contributed by atoms with E-state index in [1.807, 2.05) is 18.4 Å². The second-order valence-corrected chi connectivity index (χ2v) is 6.06. The van der Waals surface area contributed by atoms with E-state index in [4.69, 9.17) is 33.4 Å². The number of nitrogens with zero attached hydrogens (tertiary/aromatic N) is 1. The Morgan fingerprint density at radius 3 is 2.82 bits per heavy atom. The van der Waals surface area contributed by atoms with E-state index >= 15 is 0 Å². The molecule has 148 valence electrons. The van der Waals surface area contributed by atoms with Crippen molar-refractivity contribution in [2.24, 2.45) is 11.7 Å². The highest BCUT2D eigenvalue weighted by atomic mass is 35.5. The first kappa shape index (κ1) is 21.2. The predicted molar refractivity (Wildman–Crippen MR) is 107 cm³/mol. The summed E-state index contributed by atoms with van der Waals surface area (Å²) in [5.74, 6) is 10.2. The van der Waals surface area contributed by atoms with Gasteiger partial charge in [-0.15, -0.1) is 0 Å². The van der Waals surface area contributed by atoms with E-state index in [1.165, 1.54) is 24.4 Å². The second kappa shape index (κ2) is 9.70. The quantitative estimate of drug-likeness (QED) is 0.165. The normalized spacial score (nSPS) is 10.6. The van der Waals surface area contributed by atoms with Gasteiger partial charge in [-0.05, 0) is 36.8 Å². The maximum absolute atomic E-state index is 13.4. The van der Waals surface area contributed by atoms with Crippen molar-refractivity contribution in [2.75, 3.05) is 10.3 Å². The molecule has 0 aliphatic carbocycles. The number of anilines is 2. The van der Waals surface area contributed by atoms with Gasteiger partial charge in [0.2, 0.25) is 5.90 Å². The third kappa shape index (κ3) is 5.43. The molecule has 0 spiro atoms. The van der Waals surface area contributed by atoms with Crippen molar-refractivity contribution in [1.29, 1.82) is 5.41 Å². The van der Waals surface area contributed by atoms with E-state index < -0.39 is 11.8 Å². The Morgan fingerprint density at radius 1 is 1.39 bits per heavy atom. The number of nitrogens with two attached hydrogens (primary N) is 2. The lowest BCUT2D eigenvalue weighted by molar-refractivity contribution is 0.246. The molecule has 0 saturated carbocycles. The van der Waals surface area contributed by atoms with E-state index in [-0.39, 0.29) is 17.5 Å². The molecule has 0 aromatic heterocycles. The Labute approximate surface area is 166 Å². The summed E-state index contributed by atoms with van der Waals surface area (Å²) in [5, 5.41) is 11.6. The summed E-state index contributed by atoms with van der Waals surface area (Å²) in [6, 6.07) is 8.75. The average molecular weight is 407 g/mol. The molecule has 7 N–H and O–H groups in total. The molecule has 0 aliphatic heterocycles. The van der Waals surface area contributed by atoms with Crippen LogP contribution in [0.5, 0.6) is 0 Å². The molecule has 2 aromatic rings. The van der Waals surface area contributed by atoms with Gasteiger partial charge in [0.1, 0.15) is 12.4 Å². The van der Waals surface area contributed by atoms with Crippen LogP contribution in [-0.2, 0) is 11.3 Å². The second-order valence-electron chi connectivity index (χ2n) is 5.65. The Kier molecular flexibility index (Phi) is 7.33. The number of halogens is 2. The van der Waals surface area contributed by atoms with Crippen molar-refractivity contribution < 1.29 is 13.9 Å². The predicted octanol–water partition coefficient (Wildman–Crippen LogP) is 3.17. The minimum absolute atomic E-state index is 0.00625. The van der Waals surface area contributed by atoms with Crippen LogP contribution in [0.25, 0.3) is 0 Å². The molecule has 2 aromatic carbocycles. The van der Waals surface area contributed by atoms with E-state index in [9.17, 15) is 9.18 Å². The van der Waals surface area contributed by atoms with Gasteiger partial charge in [-0.25, -0.2) is 25.9 Å². The third-order valence-corrected chi connectivity index (χ3v) is 4.07. The fraction of sp³-hybridized carbons (Fsp3) is 0.111. The zero-order valence-corrected chi connectivity index (χ0v) is 15.8. The molecule has 0 bridgehead atoms. The molecule has 0 saturated heterocycles. The van der Waals surface area contributed by atoms with Gasteiger partial charge in [0.25, 0.3) is 0 Å². The molecule has 8 nitrogen and oxygen atoms in total. The first-order valence-corrected chi connectivity index (χ1v) is 8.44. The number of amides is 2. The van der Waals surface area contributed by atoms with Crippen LogP contribution in [-0.4, -0.2) is 11.9 Å². The van der Waals surface area contributed by atoms with Crippen molar-refractivity contribution >= 4 is 34.9 Å². The van der Waals surface area contributed by atoms with Crippen molar-refractivity contribution in [3.05, 3.63) is 70.6 Å².